The van der Waals surface area contributed by atoms with Gasteiger partial charge in [0.05, 0.1) is 11.3 Å². The van der Waals surface area contributed by atoms with E-state index in [0.29, 0.717) is 5.69 Å². The van der Waals surface area contributed by atoms with E-state index in [9.17, 15) is 9.59 Å². The second-order valence-electron chi connectivity index (χ2n) is 3.32. The zero-order chi connectivity index (χ0) is 12.3. The number of amides is 2. The summed E-state index contributed by atoms with van der Waals surface area (Å²) in [5.74, 6) is -1.06. The molecule has 0 aliphatic heterocycles. The Labute approximate surface area is 107 Å². The van der Waals surface area contributed by atoms with Crippen molar-refractivity contribution in [1.82, 2.24) is 4.90 Å². The topological polar surface area (TPSA) is 69.6 Å². The molecule has 0 radical (unpaired) electrons. The first-order chi connectivity index (χ1) is 7.41. The first-order valence-corrected chi connectivity index (χ1v) is 5.51. The van der Waals surface area contributed by atoms with E-state index in [-0.39, 0.29) is 11.6 Å². The zero-order valence-electron chi connectivity index (χ0n) is 8.82. The summed E-state index contributed by atoms with van der Waals surface area (Å²) in [5.41, 5.74) is 0.383. The van der Waals surface area contributed by atoms with E-state index >= 15 is 0 Å². The molecule has 0 saturated carbocycles. The molecule has 0 spiro atoms. The molecule has 6 heteroatoms. The molecule has 0 fully saturated rings. The van der Waals surface area contributed by atoms with Crippen molar-refractivity contribution < 1.29 is 14.7 Å². The number of benzene rings is 1. The lowest BCUT2D eigenvalue weighted by Gasteiger charge is -2.13. The first kappa shape index (κ1) is 12.8. The number of anilines is 1. The smallest absolute Gasteiger partial charge is 0.337 e. The summed E-state index contributed by atoms with van der Waals surface area (Å²) in [6.45, 7) is 0. The molecule has 0 atom stereocenters. The van der Waals surface area contributed by atoms with Crippen LogP contribution in [0.5, 0.6) is 0 Å². The predicted octanol–water partition coefficient (Wildman–Crippen LogP) is 2.08. The van der Waals surface area contributed by atoms with E-state index in [1.165, 1.54) is 11.0 Å². The molecular formula is C10H11IN2O3. The summed E-state index contributed by atoms with van der Waals surface area (Å²) in [6, 6.07) is 4.46. The highest BCUT2D eigenvalue weighted by Crippen LogP contribution is 2.19. The maximum absolute atomic E-state index is 11.4. The van der Waals surface area contributed by atoms with Crippen LogP contribution >= 0.6 is 22.6 Å². The van der Waals surface area contributed by atoms with Gasteiger partial charge in [0.15, 0.2) is 0 Å². The van der Waals surface area contributed by atoms with Crippen molar-refractivity contribution in [3.63, 3.8) is 0 Å². The lowest BCUT2D eigenvalue weighted by atomic mass is 10.2. The van der Waals surface area contributed by atoms with Crippen LogP contribution in [-0.2, 0) is 0 Å². The average Bonchev–Trinajstić information content (AvgIpc) is 2.20. The number of halogens is 1. The normalized spacial score (nSPS) is 9.69. The molecule has 0 aliphatic carbocycles. The number of rotatable bonds is 2. The second kappa shape index (κ2) is 5.15. The van der Waals surface area contributed by atoms with Gasteiger partial charge in [-0.15, -0.1) is 0 Å². The van der Waals surface area contributed by atoms with Gasteiger partial charge in [0.1, 0.15) is 0 Å². The first-order valence-electron chi connectivity index (χ1n) is 4.43. The lowest BCUT2D eigenvalue weighted by Crippen LogP contribution is -2.28. The minimum absolute atomic E-state index is 0.0853. The number of carbonyl (C=O) groups is 2. The molecule has 0 aromatic heterocycles. The van der Waals surface area contributed by atoms with Gasteiger partial charge in [0, 0.05) is 17.7 Å². The fraction of sp³-hybridized carbons (Fsp3) is 0.200. The molecule has 0 unspecified atom stereocenters. The average molecular weight is 334 g/mol. The van der Waals surface area contributed by atoms with Crippen molar-refractivity contribution in [2.24, 2.45) is 0 Å². The van der Waals surface area contributed by atoms with Crippen molar-refractivity contribution in [2.75, 3.05) is 19.4 Å². The summed E-state index contributed by atoms with van der Waals surface area (Å²) in [7, 11) is 3.17. The van der Waals surface area contributed by atoms with Crippen LogP contribution in [0.15, 0.2) is 18.2 Å². The van der Waals surface area contributed by atoms with Gasteiger partial charge in [-0.25, -0.2) is 9.59 Å². The van der Waals surface area contributed by atoms with Crippen molar-refractivity contribution in [3.05, 3.63) is 27.3 Å². The third kappa shape index (κ3) is 3.09. The number of hydrogen-bond acceptors (Lipinski definition) is 2. The summed E-state index contributed by atoms with van der Waals surface area (Å²) in [5, 5.41) is 11.5. The number of nitrogens with zero attached hydrogens (tertiary/aromatic N) is 1. The Bertz CT molecular complexity index is 432. The monoisotopic (exact) mass is 334 g/mol. The molecular weight excluding hydrogens is 323 g/mol. The van der Waals surface area contributed by atoms with Crippen LogP contribution in [0.25, 0.3) is 0 Å². The van der Waals surface area contributed by atoms with Crippen molar-refractivity contribution in [3.8, 4) is 0 Å². The number of carboxylic acids is 1. The SMILES string of the molecule is CN(C)C(=O)Nc1ccc(I)cc1C(=O)O. The molecule has 2 amide bonds. The minimum Gasteiger partial charge on any atom is -0.478 e. The molecule has 0 aliphatic rings. The Hall–Kier alpha value is -1.31. The maximum atomic E-state index is 11.4. The third-order valence-electron chi connectivity index (χ3n) is 1.86. The van der Waals surface area contributed by atoms with Crippen LogP contribution < -0.4 is 5.32 Å². The van der Waals surface area contributed by atoms with E-state index in [1.54, 1.807) is 26.2 Å². The summed E-state index contributed by atoms with van der Waals surface area (Å²) >= 11 is 2.02. The standard InChI is InChI=1S/C10H11IN2O3/c1-13(2)10(16)12-8-4-3-6(11)5-7(8)9(14)15/h3-5H,1-2H3,(H,12,16)(H,14,15). The van der Waals surface area contributed by atoms with Gasteiger partial charge in [-0.05, 0) is 40.8 Å². The zero-order valence-corrected chi connectivity index (χ0v) is 11.0. The minimum atomic E-state index is -1.06. The third-order valence-corrected chi connectivity index (χ3v) is 2.53. The number of urea groups is 1. The van der Waals surface area contributed by atoms with Gasteiger partial charge in [0.25, 0.3) is 0 Å². The molecule has 86 valence electrons. The quantitative estimate of drug-likeness (QED) is 0.814. The molecule has 1 aromatic carbocycles. The van der Waals surface area contributed by atoms with Gasteiger partial charge in [-0.3, -0.25) is 0 Å². The Kier molecular flexibility index (Phi) is 4.11. The van der Waals surface area contributed by atoms with Gasteiger partial charge in [-0.1, -0.05) is 0 Å². The van der Waals surface area contributed by atoms with E-state index < -0.39 is 5.97 Å². The molecule has 1 rings (SSSR count). The van der Waals surface area contributed by atoms with E-state index in [4.69, 9.17) is 5.11 Å². The molecule has 16 heavy (non-hydrogen) atoms. The Morgan fingerprint density at radius 2 is 2.00 bits per heavy atom. The molecule has 0 saturated heterocycles. The summed E-state index contributed by atoms with van der Waals surface area (Å²) in [6.07, 6.45) is 0. The molecule has 1 aromatic rings. The van der Waals surface area contributed by atoms with Crippen LogP contribution in [0.2, 0.25) is 0 Å². The fourth-order valence-electron chi connectivity index (χ4n) is 1.03. The largest absolute Gasteiger partial charge is 0.478 e. The summed E-state index contributed by atoms with van der Waals surface area (Å²) < 4.78 is 0.804. The van der Waals surface area contributed by atoms with Crippen LogP contribution in [-0.4, -0.2) is 36.1 Å². The van der Waals surface area contributed by atoms with Gasteiger partial charge < -0.3 is 15.3 Å². The van der Waals surface area contributed by atoms with Crippen molar-refractivity contribution in [2.45, 2.75) is 0 Å². The lowest BCUT2D eigenvalue weighted by molar-refractivity contribution is 0.0698. The number of carbonyl (C=O) groups excluding carboxylic acids is 1. The number of hydrogen-bond donors (Lipinski definition) is 2. The molecule has 0 bridgehead atoms. The number of nitrogens with one attached hydrogen (secondary N) is 1. The molecule has 0 heterocycles. The Balaban J connectivity index is 3.04. The van der Waals surface area contributed by atoms with E-state index in [2.05, 4.69) is 5.32 Å². The fourth-order valence-corrected chi connectivity index (χ4v) is 1.52. The van der Waals surface area contributed by atoms with Gasteiger partial charge >= 0.3 is 12.0 Å². The molecule has 2 N–H and O–H groups in total. The van der Waals surface area contributed by atoms with Crippen LogP contribution in [0.4, 0.5) is 10.5 Å². The second-order valence-corrected chi connectivity index (χ2v) is 4.57. The van der Waals surface area contributed by atoms with Gasteiger partial charge in [0.2, 0.25) is 0 Å². The highest BCUT2D eigenvalue weighted by Gasteiger charge is 2.13. The predicted molar refractivity (Wildman–Crippen MR) is 68.8 cm³/mol. The maximum Gasteiger partial charge on any atom is 0.337 e. The number of carboxylic acid groups (broad SMARTS) is 1. The van der Waals surface area contributed by atoms with Crippen molar-refractivity contribution in [1.29, 1.82) is 0 Å². The Morgan fingerprint density at radius 1 is 1.38 bits per heavy atom. The van der Waals surface area contributed by atoms with Crippen LogP contribution in [0.3, 0.4) is 0 Å². The van der Waals surface area contributed by atoms with E-state index in [1.807, 2.05) is 22.6 Å². The van der Waals surface area contributed by atoms with Gasteiger partial charge in [-0.2, -0.15) is 0 Å². The van der Waals surface area contributed by atoms with Crippen LogP contribution in [0, 0.1) is 3.57 Å². The Morgan fingerprint density at radius 3 is 2.50 bits per heavy atom. The summed E-state index contributed by atoms with van der Waals surface area (Å²) in [4.78, 5) is 23.7. The highest BCUT2D eigenvalue weighted by atomic mass is 127. The highest BCUT2D eigenvalue weighted by molar-refractivity contribution is 14.1. The molecule has 5 nitrogen and oxygen atoms in total. The van der Waals surface area contributed by atoms with Crippen LogP contribution in [0.1, 0.15) is 10.4 Å². The van der Waals surface area contributed by atoms with E-state index in [0.717, 1.165) is 3.57 Å². The number of aromatic carboxylic acids is 1. The van der Waals surface area contributed by atoms with Crippen molar-refractivity contribution >= 4 is 40.3 Å².